The van der Waals surface area contributed by atoms with Gasteiger partial charge in [-0.25, -0.2) is 8.42 Å². The normalized spacial score (nSPS) is 16.8. The standard InChI is InChI=1S/C23H27N3O5S/c1-24(16-20-7-8-21-22(15-20)31-18-30-21)17-23(27)25-10-12-26(13-11-25)32(28,29)14-9-19-5-3-2-4-6-19/h2-9,14-15H,10-13,16-18H2,1H3/b14-9+. The number of fused-ring (bicyclic) bond motifs is 1. The van der Waals surface area contributed by atoms with Crippen LogP contribution in [0.2, 0.25) is 0 Å². The van der Waals surface area contributed by atoms with Gasteiger partial charge in [-0.05, 0) is 36.4 Å². The molecule has 1 fully saturated rings. The predicted octanol–water partition coefficient (Wildman–Crippen LogP) is 1.99. The zero-order valence-electron chi connectivity index (χ0n) is 18.0. The summed E-state index contributed by atoms with van der Waals surface area (Å²) in [6, 6.07) is 15.1. The van der Waals surface area contributed by atoms with E-state index in [0.717, 1.165) is 22.6 Å². The number of sulfonamides is 1. The molecule has 0 aliphatic carbocycles. The number of piperazine rings is 1. The van der Waals surface area contributed by atoms with E-state index in [1.165, 1.54) is 9.71 Å². The SMILES string of the molecule is CN(CC(=O)N1CCN(S(=O)(=O)/C=C/c2ccccc2)CC1)Cc1ccc2c(c1)OCO2. The maximum atomic E-state index is 12.7. The minimum absolute atomic E-state index is 0.00915. The zero-order valence-corrected chi connectivity index (χ0v) is 18.8. The van der Waals surface area contributed by atoms with Crippen molar-refractivity contribution < 1.29 is 22.7 Å². The van der Waals surface area contributed by atoms with Gasteiger partial charge in [-0.15, -0.1) is 0 Å². The summed E-state index contributed by atoms with van der Waals surface area (Å²) in [4.78, 5) is 16.4. The van der Waals surface area contributed by atoms with Crippen LogP contribution in [-0.2, 0) is 21.4 Å². The van der Waals surface area contributed by atoms with Crippen molar-refractivity contribution >= 4 is 22.0 Å². The van der Waals surface area contributed by atoms with Gasteiger partial charge in [0.25, 0.3) is 0 Å². The van der Waals surface area contributed by atoms with E-state index in [0.29, 0.717) is 32.7 Å². The maximum absolute atomic E-state index is 12.7. The van der Waals surface area contributed by atoms with Gasteiger partial charge in [0.05, 0.1) is 6.54 Å². The lowest BCUT2D eigenvalue weighted by atomic mass is 10.2. The molecule has 2 heterocycles. The summed E-state index contributed by atoms with van der Waals surface area (Å²) < 4.78 is 37.4. The average molecular weight is 458 g/mol. The highest BCUT2D eigenvalue weighted by Crippen LogP contribution is 2.32. The summed E-state index contributed by atoms with van der Waals surface area (Å²) >= 11 is 0. The van der Waals surface area contributed by atoms with Gasteiger partial charge in [0.1, 0.15) is 0 Å². The van der Waals surface area contributed by atoms with E-state index >= 15 is 0 Å². The third-order valence-electron chi connectivity index (χ3n) is 5.48. The fourth-order valence-corrected chi connectivity index (χ4v) is 4.92. The van der Waals surface area contributed by atoms with E-state index in [2.05, 4.69) is 0 Å². The second-order valence-electron chi connectivity index (χ2n) is 7.90. The molecule has 1 amide bonds. The first-order valence-corrected chi connectivity index (χ1v) is 12.0. The zero-order chi connectivity index (χ0) is 22.6. The van der Waals surface area contributed by atoms with Crippen LogP contribution in [0, 0.1) is 0 Å². The van der Waals surface area contributed by atoms with Gasteiger partial charge in [0.15, 0.2) is 11.5 Å². The van der Waals surface area contributed by atoms with Crippen molar-refractivity contribution in [1.29, 1.82) is 0 Å². The number of likely N-dealkylation sites (N-methyl/N-ethyl adjacent to an activating group) is 1. The Bertz CT molecular complexity index is 1080. The van der Waals surface area contributed by atoms with E-state index in [9.17, 15) is 13.2 Å². The highest BCUT2D eigenvalue weighted by atomic mass is 32.2. The Morgan fingerprint density at radius 2 is 1.75 bits per heavy atom. The molecule has 4 rings (SSSR count). The van der Waals surface area contributed by atoms with Gasteiger partial charge in [-0.2, -0.15) is 4.31 Å². The molecule has 0 saturated carbocycles. The molecule has 0 N–H and O–H groups in total. The number of amides is 1. The highest BCUT2D eigenvalue weighted by molar-refractivity contribution is 7.92. The van der Waals surface area contributed by atoms with Gasteiger partial charge >= 0.3 is 0 Å². The second kappa shape index (κ2) is 9.72. The Balaban J connectivity index is 1.26. The molecular formula is C23H27N3O5S. The summed E-state index contributed by atoms with van der Waals surface area (Å²) in [6.45, 7) is 2.44. The first-order valence-electron chi connectivity index (χ1n) is 10.5. The average Bonchev–Trinajstić information content (AvgIpc) is 3.26. The molecule has 2 aromatic carbocycles. The molecule has 170 valence electrons. The molecule has 32 heavy (non-hydrogen) atoms. The van der Waals surface area contributed by atoms with Gasteiger partial charge in [-0.3, -0.25) is 9.69 Å². The lowest BCUT2D eigenvalue weighted by Crippen LogP contribution is -2.51. The smallest absolute Gasteiger partial charge is 0.236 e. The summed E-state index contributed by atoms with van der Waals surface area (Å²) in [5.74, 6) is 1.45. The number of rotatable bonds is 7. The van der Waals surface area contributed by atoms with Crippen LogP contribution in [0.3, 0.4) is 0 Å². The van der Waals surface area contributed by atoms with Crippen molar-refractivity contribution in [3.05, 3.63) is 65.1 Å². The largest absolute Gasteiger partial charge is 0.454 e. The first kappa shape index (κ1) is 22.3. The highest BCUT2D eigenvalue weighted by Gasteiger charge is 2.27. The maximum Gasteiger partial charge on any atom is 0.236 e. The Labute approximate surface area is 188 Å². The number of nitrogens with zero attached hydrogens (tertiary/aromatic N) is 3. The van der Waals surface area contributed by atoms with Gasteiger partial charge in [0.2, 0.25) is 22.7 Å². The summed E-state index contributed by atoms with van der Waals surface area (Å²) in [7, 11) is -1.63. The van der Waals surface area contributed by atoms with Crippen molar-refractivity contribution in [1.82, 2.24) is 14.1 Å². The van der Waals surface area contributed by atoms with E-state index in [4.69, 9.17) is 9.47 Å². The molecule has 9 heteroatoms. The Kier molecular flexibility index (Phi) is 6.78. The van der Waals surface area contributed by atoms with E-state index in [1.54, 1.807) is 11.0 Å². The third-order valence-corrected chi connectivity index (χ3v) is 7.04. The van der Waals surface area contributed by atoms with E-state index in [1.807, 2.05) is 60.5 Å². The third kappa shape index (κ3) is 5.48. The van der Waals surface area contributed by atoms with Crippen LogP contribution < -0.4 is 9.47 Å². The lowest BCUT2D eigenvalue weighted by molar-refractivity contribution is -0.133. The fourth-order valence-electron chi connectivity index (χ4n) is 3.74. The van der Waals surface area contributed by atoms with Crippen LogP contribution in [0.4, 0.5) is 0 Å². The van der Waals surface area contributed by atoms with E-state index < -0.39 is 10.0 Å². The predicted molar refractivity (Wildman–Crippen MR) is 121 cm³/mol. The number of hydrogen-bond donors (Lipinski definition) is 0. The molecule has 0 atom stereocenters. The molecule has 2 aliphatic rings. The van der Waals surface area contributed by atoms with Crippen LogP contribution in [0.25, 0.3) is 6.08 Å². The van der Waals surface area contributed by atoms with Crippen LogP contribution in [0.15, 0.2) is 53.9 Å². The Morgan fingerprint density at radius 1 is 1.03 bits per heavy atom. The van der Waals surface area contributed by atoms with Gasteiger partial charge in [0, 0.05) is 38.1 Å². The van der Waals surface area contributed by atoms with Crippen LogP contribution >= 0.6 is 0 Å². The van der Waals surface area contributed by atoms with E-state index in [-0.39, 0.29) is 19.2 Å². The van der Waals surface area contributed by atoms with Crippen molar-refractivity contribution in [3.63, 3.8) is 0 Å². The number of hydrogen-bond acceptors (Lipinski definition) is 6. The Morgan fingerprint density at radius 3 is 2.50 bits per heavy atom. The number of benzene rings is 2. The van der Waals surface area contributed by atoms with Gasteiger partial charge in [-0.1, -0.05) is 36.4 Å². The number of carbonyl (C=O) groups excluding carboxylic acids is 1. The molecule has 8 nitrogen and oxygen atoms in total. The minimum atomic E-state index is -3.52. The summed E-state index contributed by atoms with van der Waals surface area (Å²) in [5.41, 5.74) is 1.86. The molecule has 0 unspecified atom stereocenters. The quantitative estimate of drug-likeness (QED) is 0.633. The van der Waals surface area contributed by atoms with Crippen molar-refractivity contribution in [2.45, 2.75) is 6.54 Å². The van der Waals surface area contributed by atoms with Crippen molar-refractivity contribution in [3.8, 4) is 11.5 Å². The lowest BCUT2D eigenvalue weighted by Gasteiger charge is -2.34. The summed E-state index contributed by atoms with van der Waals surface area (Å²) in [6.07, 6.45) is 1.60. The van der Waals surface area contributed by atoms with Crippen LogP contribution in [0.1, 0.15) is 11.1 Å². The molecular weight excluding hydrogens is 430 g/mol. The number of carbonyl (C=O) groups is 1. The molecule has 1 saturated heterocycles. The molecule has 0 bridgehead atoms. The second-order valence-corrected chi connectivity index (χ2v) is 9.72. The van der Waals surface area contributed by atoms with Crippen molar-refractivity contribution in [2.75, 3.05) is 46.6 Å². The number of ether oxygens (including phenoxy) is 2. The van der Waals surface area contributed by atoms with Crippen LogP contribution in [-0.4, -0.2) is 75.0 Å². The monoisotopic (exact) mass is 457 g/mol. The summed E-state index contributed by atoms with van der Waals surface area (Å²) in [5, 5.41) is 1.24. The van der Waals surface area contributed by atoms with Crippen molar-refractivity contribution in [2.24, 2.45) is 0 Å². The minimum Gasteiger partial charge on any atom is -0.454 e. The van der Waals surface area contributed by atoms with Gasteiger partial charge < -0.3 is 14.4 Å². The Hall–Kier alpha value is -2.88. The molecule has 0 aromatic heterocycles. The molecule has 2 aromatic rings. The first-order chi connectivity index (χ1) is 15.4. The fraction of sp³-hybridized carbons (Fsp3) is 0.348. The molecule has 2 aliphatic heterocycles. The topological polar surface area (TPSA) is 79.4 Å². The molecule has 0 spiro atoms. The molecule has 0 radical (unpaired) electrons. The van der Waals surface area contributed by atoms with Crippen LogP contribution in [0.5, 0.6) is 11.5 Å².